The van der Waals surface area contributed by atoms with Gasteiger partial charge in [-0.05, 0) is 12.5 Å². The number of quaternary nitrogens is 1. The Morgan fingerprint density at radius 3 is 2.62 bits per heavy atom. The van der Waals surface area contributed by atoms with Crippen LogP contribution >= 0.6 is 0 Å². The van der Waals surface area contributed by atoms with Crippen LogP contribution < -0.4 is 5.32 Å². The van der Waals surface area contributed by atoms with Gasteiger partial charge in [0.25, 0.3) is 0 Å². The van der Waals surface area contributed by atoms with Crippen LogP contribution in [-0.2, 0) is 4.79 Å². The first-order valence-electron chi connectivity index (χ1n) is 6.13. The van der Waals surface area contributed by atoms with Crippen LogP contribution in [0.25, 0.3) is 0 Å². The molecule has 0 rings (SSSR count). The highest BCUT2D eigenvalue weighted by Crippen LogP contribution is 2.07. The molecular weight excluding hydrogens is 200 g/mol. The summed E-state index contributed by atoms with van der Waals surface area (Å²) in [6.45, 7) is 10.9. The van der Waals surface area contributed by atoms with E-state index in [0.29, 0.717) is 5.92 Å². The summed E-state index contributed by atoms with van der Waals surface area (Å²) in [5, 5.41) is 2.84. The molecule has 0 aromatic carbocycles. The molecule has 1 unspecified atom stereocenters. The van der Waals surface area contributed by atoms with Crippen molar-refractivity contribution in [3.8, 4) is 0 Å². The third kappa shape index (κ3) is 7.46. The summed E-state index contributed by atoms with van der Waals surface area (Å²) >= 11 is 0. The fourth-order valence-corrected chi connectivity index (χ4v) is 1.93. The van der Waals surface area contributed by atoms with Gasteiger partial charge in [-0.1, -0.05) is 26.8 Å². The first kappa shape index (κ1) is 15.2. The molecule has 16 heavy (non-hydrogen) atoms. The summed E-state index contributed by atoms with van der Waals surface area (Å²) in [5.41, 5.74) is 0. The molecule has 1 atom stereocenters. The molecule has 0 saturated heterocycles. The van der Waals surface area contributed by atoms with Crippen molar-refractivity contribution >= 4 is 5.91 Å². The van der Waals surface area contributed by atoms with Crippen molar-refractivity contribution in [3.63, 3.8) is 0 Å². The van der Waals surface area contributed by atoms with Gasteiger partial charge in [0.2, 0.25) is 5.91 Å². The Kier molecular flexibility index (Phi) is 7.06. The summed E-state index contributed by atoms with van der Waals surface area (Å²) in [5.74, 6) is 0.418. The van der Waals surface area contributed by atoms with Crippen molar-refractivity contribution in [3.05, 3.63) is 12.7 Å². The van der Waals surface area contributed by atoms with Crippen molar-refractivity contribution in [2.24, 2.45) is 5.92 Å². The molecule has 0 aliphatic heterocycles. The van der Waals surface area contributed by atoms with E-state index < -0.39 is 0 Å². The molecule has 3 nitrogen and oxygen atoms in total. The van der Waals surface area contributed by atoms with E-state index in [2.05, 4.69) is 39.8 Å². The summed E-state index contributed by atoms with van der Waals surface area (Å²) < 4.78 is 1.03. The number of unbranched alkanes of at least 4 members (excludes halogenated alkanes) is 1. The third-order valence-corrected chi connectivity index (χ3v) is 2.73. The number of hydrogen-bond donors (Lipinski definition) is 1. The number of amides is 1. The number of carbonyl (C=O) groups is 1. The molecule has 94 valence electrons. The number of rotatable bonds is 8. The second kappa shape index (κ2) is 7.44. The number of nitrogens with zero attached hydrogens (tertiary/aromatic N) is 1. The van der Waals surface area contributed by atoms with Crippen LogP contribution in [0.2, 0.25) is 0 Å². The zero-order valence-electron chi connectivity index (χ0n) is 11.3. The fourth-order valence-electron chi connectivity index (χ4n) is 1.93. The second-order valence-corrected chi connectivity index (χ2v) is 5.25. The number of nitrogens with one attached hydrogen (secondary N) is 1. The number of hydrogen-bond acceptors (Lipinski definition) is 1. The van der Waals surface area contributed by atoms with Gasteiger partial charge in [0, 0.05) is 12.5 Å². The summed E-state index contributed by atoms with van der Waals surface area (Å²) in [6.07, 6.45) is 3.83. The molecule has 3 heteroatoms. The van der Waals surface area contributed by atoms with Gasteiger partial charge in [0.1, 0.15) is 0 Å². The highest BCUT2D eigenvalue weighted by molar-refractivity contribution is 5.86. The largest absolute Gasteiger partial charge is 0.352 e. The minimum absolute atomic E-state index is 0.0780. The molecule has 0 spiro atoms. The van der Waals surface area contributed by atoms with Crippen LogP contribution in [0.15, 0.2) is 12.7 Å². The van der Waals surface area contributed by atoms with Crippen LogP contribution in [0.5, 0.6) is 0 Å². The average Bonchev–Trinajstić information content (AvgIpc) is 2.22. The monoisotopic (exact) mass is 227 g/mol. The topological polar surface area (TPSA) is 29.1 Å². The Bertz CT molecular complexity index is 224. The molecule has 0 aromatic rings. The lowest BCUT2D eigenvalue weighted by Crippen LogP contribution is -2.45. The first-order valence-corrected chi connectivity index (χ1v) is 6.13. The van der Waals surface area contributed by atoms with Gasteiger partial charge >= 0.3 is 0 Å². The fraction of sp³-hybridized carbons (Fsp3) is 0.769. The average molecular weight is 227 g/mol. The van der Waals surface area contributed by atoms with Crippen LogP contribution in [0.4, 0.5) is 0 Å². The van der Waals surface area contributed by atoms with Gasteiger partial charge in [-0.25, -0.2) is 0 Å². The molecule has 0 aliphatic rings. The van der Waals surface area contributed by atoms with Gasteiger partial charge in [-0.15, -0.1) is 0 Å². The zero-order chi connectivity index (χ0) is 12.6. The van der Waals surface area contributed by atoms with E-state index in [4.69, 9.17) is 0 Å². The molecule has 0 aliphatic carbocycles. The lowest BCUT2D eigenvalue weighted by atomic mass is 10.1. The molecule has 1 N–H and O–H groups in total. The van der Waals surface area contributed by atoms with Gasteiger partial charge in [-0.3, -0.25) is 4.79 Å². The maximum absolute atomic E-state index is 11.0. The maximum Gasteiger partial charge on any atom is 0.243 e. The predicted molar refractivity (Wildman–Crippen MR) is 69.1 cm³/mol. The summed E-state index contributed by atoms with van der Waals surface area (Å²) in [7, 11) is 4.50. The normalized spacial score (nSPS) is 13.2. The highest BCUT2D eigenvalue weighted by Gasteiger charge is 2.18. The van der Waals surface area contributed by atoms with Crippen LogP contribution in [-0.4, -0.2) is 44.1 Å². The standard InChI is InChI=1S/C13H26N2O/c1-6-8-9-15(4,5)11-12(3)10-14-13(16)7-2/h7,12H,2,6,8-11H2,1,3-5H3/p+1. The molecular formula is C13H27N2O+. The second-order valence-electron chi connectivity index (χ2n) is 5.25. The molecule has 0 fully saturated rings. The minimum Gasteiger partial charge on any atom is -0.352 e. The zero-order valence-corrected chi connectivity index (χ0v) is 11.3. The molecule has 0 heterocycles. The van der Waals surface area contributed by atoms with E-state index in [0.717, 1.165) is 17.6 Å². The SMILES string of the molecule is C=CC(=O)NCC(C)C[N+](C)(C)CCCC. The van der Waals surface area contributed by atoms with Crippen LogP contribution in [0.1, 0.15) is 26.7 Å². The summed E-state index contributed by atoms with van der Waals surface area (Å²) in [6, 6.07) is 0. The molecule has 0 aromatic heterocycles. The van der Waals surface area contributed by atoms with Crippen molar-refractivity contribution in [1.82, 2.24) is 5.32 Å². The molecule has 0 saturated carbocycles. The molecule has 1 amide bonds. The minimum atomic E-state index is -0.0780. The Labute approximate surface area is 100 Å². The Morgan fingerprint density at radius 1 is 1.50 bits per heavy atom. The van der Waals surface area contributed by atoms with Gasteiger partial charge in [-0.2, -0.15) is 0 Å². The van der Waals surface area contributed by atoms with Crippen molar-refractivity contribution in [1.29, 1.82) is 0 Å². The first-order chi connectivity index (χ1) is 7.41. The van der Waals surface area contributed by atoms with Crippen molar-refractivity contribution < 1.29 is 9.28 Å². The quantitative estimate of drug-likeness (QED) is 0.497. The Hall–Kier alpha value is -0.830. The Balaban J connectivity index is 3.88. The van der Waals surface area contributed by atoms with Crippen molar-refractivity contribution in [2.45, 2.75) is 26.7 Å². The van der Waals surface area contributed by atoms with E-state index in [1.807, 2.05) is 0 Å². The highest BCUT2D eigenvalue weighted by atomic mass is 16.1. The van der Waals surface area contributed by atoms with Gasteiger partial charge in [0.15, 0.2) is 0 Å². The number of carbonyl (C=O) groups excluding carboxylic acids is 1. The lowest BCUT2D eigenvalue weighted by molar-refractivity contribution is -0.893. The molecule has 0 radical (unpaired) electrons. The van der Waals surface area contributed by atoms with E-state index in [1.54, 1.807) is 0 Å². The lowest BCUT2D eigenvalue weighted by Gasteiger charge is -2.32. The Morgan fingerprint density at radius 2 is 2.12 bits per heavy atom. The van der Waals surface area contributed by atoms with Crippen LogP contribution in [0, 0.1) is 5.92 Å². The summed E-state index contributed by atoms with van der Waals surface area (Å²) in [4.78, 5) is 11.0. The van der Waals surface area contributed by atoms with Crippen molar-refractivity contribution in [2.75, 3.05) is 33.7 Å². The van der Waals surface area contributed by atoms with E-state index in [-0.39, 0.29) is 5.91 Å². The van der Waals surface area contributed by atoms with Crippen LogP contribution in [0.3, 0.4) is 0 Å². The predicted octanol–water partition coefficient (Wildman–Crippen LogP) is 1.80. The van der Waals surface area contributed by atoms with E-state index in [1.165, 1.54) is 25.5 Å². The maximum atomic E-state index is 11.0. The third-order valence-electron chi connectivity index (χ3n) is 2.73. The van der Waals surface area contributed by atoms with E-state index >= 15 is 0 Å². The van der Waals surface area contributed by atoms with Gasteiger partial charge in [0.05, 0.1) is 27.2 Å². The smallest absolute Gasteiger partial charge is 0.243 e. The van der Waals surface area contributed by atoms with E-state index in [9.17, 15) is 4.79 Å². The van der Waals surface area contributed by atoms with Gasteiger partial charge < -0.3 is 9.80 Å². The molecule has 0 bridgehead atoms.